The molecular formula is C13H21N7S. The summed E-state index contributed by atoms with van der Waals surface area (Å²) in [7, 11) is 0. The van der Waals surface area contributed by atoms with Crippen LogP contribution in [0.15, 0.2) is 11.2 Å². The summed E-state index contributed by atoms with van der Waals surface area (Å²) in [5, 5.41) is 20.8. The van der Waals surface area contributed by atoms with Crippen LogP contribution in [0.5, 0.6) is 0 Å². The molecule has 0 aromatic carbocycles. The van der Waals surface area contributed by atoms with Crippen LogP contribution in [0.3, 0.4) is 0 Å². The largest absolute Gasteiger partial charge is 0.312 e. The second kappa shape index (κ2) is 6.57. The highest BCUT2D eigenvalue weighted by molar-refractivity contribution is 7.98. The molecule has 1 saturated carbocycles. The Morgan fingerprint density at radius 2 is 2.24 bits per heavy atom. The molecule has 8 heteroatoms. The lowest BCUT2D eigenvalue weighted by atomic mass is 10.4. The second-order valence-electron chi connectivity index (χ2n) is 5.29. The number of aromatic nitrogens is 6. The van der Waals surface area contributed by atoms with Crippen LogP contribution >= 0.6 is 11.8 Å². The summed E-state index contributed by atoms with van der Waals surface area (Å²) in [5.41, 5.74) is 2.27. The van der Waals surface area contributed by atoms with E-state index in [1.807, 2.05) is 16.3 Å². The van der Waals surface area contributed by atoms with E-state index in [2.05, 4.69) is 38.9 Å². The molecule has 0 amide bonds. The van der Waals surface area contributed by atoms with Crippen molar-refractivity contribution in [2.24, 2.45) is 0 Å². The average molecular weight is 307 g/mol. The molecule has 1 N–H and O–H groups in total. The zero-order valence-corrected chi connectivity index (χ0v) is 13.3. The quantitative estimate of drug-likeness (QED) is 0.740. The van der Waals surface area contributed by atoms with Gasteiger partial charge >= 0.3 is 0 Å². The van der Waals surface area contributed by atoms with Gasteiger partial charge in [0, 0.05) is 30.6 Å². The van der Waals surface area contributed by atoms with Crippen LogP contribution in [-0.4, -0.2) is 42.6 Å². The summed E-state index contributed by atoms with van der Waals surface area (Å²) in [4.78, 5) is 0. The van der Waals surface area contributed by atoms with Gasteiger partial charge in [-0.15, -0.1) is 5.10 Å². The van der Waals surface area contributed by atoms with Crippen molar-refractivity contribution >= 4 is 11.8 Å². The highest BCUT2D eigenvalue weighted by atomic mass is 32.2. The predicted octanol–water partition coefficient (Wildman–Crippen LogP) is 1.24. The number of nitrogens with one attached hydrogen (secondary N) is 1. The summed E-state index contributed by atoms with van der Waals surface area (Å²) in [6, 6.07) is 2.85. The van der Waals surface area contributed by atoms with Crippen molar-refractivity contribution in [3.05, 3.63) is 17.5 Å². The molecule has 1 aliphatic rings. The summed E-state index contributed by atoms with van der Waals surface area (Å²) < 4.78 is 3.91. The molecule has 2 aromatic heterocycles. The van der Waals surface area contributed by atoms with Gasteiger partial charge in [-0.25, -0.2) is 4.68 Å². The van der Waals surface area contributed by atoms with E-state index in [0.717, 1.165) is 42.3 Å². The average Bonchev–Trinajstić information content (AvgIpc) is 3.06. The van der Waals surface area contributed by atoms with E-state index in [-0.39, 0.29) is 0 Å². The molecule has 0 aliphatic heterocycles. The van der Waals surface area contributed by atoms with E-state index in [0.29, 0.717) is 0 Å². The molecule has 7 nitrogen and oxygen atoms in total. The van der Waals surface area contributed by atoms with Gasteiger partial charge in [-0.05, 0) is 43.2 Å². The molecule has 0 spiro atoms. The molecule has 1 fully saturated rings. The molecule has 0 saturated heterocycles. The fourth-order valence-electron chi connectivity index (χ4n) is 2.23. The van der Waals surface area contributed by atoms with E-state index in [1.165, 1.54) is 18.5 Å². The summed E-state index contributed by atoms with van der Waals surface area (Å²) in [5.74, 6) is 0.838. The van der Waals surface area contributed by atoms with Gasteiger partial charge in [0.15, 0.2) is 0 Å². The van der Waals surface area contributed by atoms with Gasteiger partial charge in [-0.2, -0.15) is 5.10 Å². The van der Waals surface area contributed by atoms with E-state index in [1.54, 1.807) is 11.8 Å². The number of hydrogen-bond donors (Lipinski definition) is 1. The first-order chi connectivity index (χ1) is 10.3. The van der Waals surface area contributed by atoms with Gasteiger partial charge in [-0.1, -0.05) is 11.8 Å². The normalized spacial score (nSPS) is 14.8. The maximum Gasteiger partial charge on any atom is 0.209 e. The Bertz CT molecular complexity index is 587. The highest BCUT2D eigenvalue weighted by Crippen LogP contribution is 2.21. The third kappa shape index (κ3) is 3.82. The first-order valence-electron chi connectivity index (χ1n) is 7.42. The van der Waals surface area contributed by atoms with E-state index in [4.69, 9.17) is 0 Å². The van der Waals surface area contributed by atoms with Crippen molar-refractivity contribution in [2.75, 3.05) is 6.54 Å². The van der Waals surface area contributed by atoms with E-state index < -0.39 is 0 Å². The molecule has 1 aliphatic carbocycles. The van der Waals surface area contributed by atoms with Crippen LogP contribution in [0.4, 0.5) is 0 Å². The summed E-state index contributed by atoms with van der Waals surface area (Å²) in [6.07, 6.45) is 2.61. The van der Waals surface area contributed by atoms with Crippen LogP contribution in [0.25, 0.3) is 0 Å². The van der Waals surface area contributed by atoms with Crippen LogP contribution in [0.1, 0.15) is 31.2 Å². The minimum absolute atomic E-state index is 0.722. The van der Waals surface area contributed by atoms with Crippen molar-refractivity contribution < 1.29 is 0 Å². The number of thioether (sulfide) groups is 1. The third-order valence-electron chi connectivity index (χ3n) is 3.47. The van der Waals surface area contributed by atoms with Gasteiger partial charge in [0.1, 0.15) is 0 Å². The molecule has 2 aromatic rings. The SMILES string of the molecule is CCn1nc(C)cc1CSc1nnnn1CCNC1CC1. The van der Waals surface area contributed by atoms with E-state index in [9.17, 15) is 0 Å². The van der Waals surface area contributed by atoms with Gasteiger partial charge < -0.3 is 5.32 Å². The maximum absolute atomic E-state index is 4.46. The number of hydrogen-bond acceptors (Lipinski definition) is 6. The summed E-state index contributed by atoms with van der Waals surface area (Å²) >= 11 is 1.66. The molecule has 0 radical (unpaired) electrons. The van der Waals surface area contributed by atoms with Crippen LogP contribution in [0.2, 0.25) is 0 Å². The maximum atomic E-state index is 4.46. The third-order valence-corrected chi connectivity index (χ3v) is 4.46. The zero-order chi connectivity index (χ0) is 14.7. The Hall–Kier alpha value is -1.41. The van der Waals surface area contributed by atoms with Gasteiger partial charge in [-0.3, -0.25) is 4.68 Å². The second-order valence-corrected chi connectivity index (χ2v) is 6.24. The summed E-state index contributed by atoms with van der Waals surface area (Å²) in [6.45, 7) is 6.76. The standard InChI is InChI=1S/C13H21N7S/c1-3-19-12(8-10(2)16-19)9-21-13-15-17-18-20(13)7-6-14-11-4-5-11/h8,11,14H,3-7,9H2,1-2H3. The Morgan fingerprint density at radius 1 is 1.38 bits per heavy atom. The molecule has 2 heterocycles. The van der Waals surface area contributed by atoms with Crippen molar-refractivity contribution in [1.29, 1.82) is 0 Å². The monoisotopic (exact) mass is 307 g/mol. The Kier molecular flexibility index (Phi) is 4.54. The molecule has 0 unspecified atom stereocenters. The van der Waals surface area contributed by atoms with Crippen molar-refractivity contribution in [3.63, 3.8) is 0 Å². The van der Waals surface area contributed by atoms with Gasteiger partial charge in [0.2, 0.25) is 5.16 Å². The van der Waals surface area contributed by atoms with Crippen LogP contribution in [-0.2, 0) is 18.8 Å². The van der Waals surface area contributed by atoms with Crippen molar-refractivity contribution in [2.45, 2.75) is 56.7 Å². The van der Waals surface area contributed by atoms with Gasteiger partial charge in [0.05, 0.1) is 12.2 Å². The zero-order valence-electron chi connectivity index (χ0n) is 12.5. The number of tetrazole rings is 1. The Labute approximate surface area is 128 Å². The van der Waals surface area contributed by atoms with E-state index >= 15 is 0 Å². The number of aryl methyl sites for hydroxylation is 2. The van der Waals surface area contributed by atoms with Crippen molar-refractivity contribution in [1.82, 2.24) is 35.3 Å². The first-order valence-corrected chi connectivity index (χ1v) is 8.40. The highest BCUT2D eigenvalue weighted by Gasteiger charge is 2.20. The minimum atomic E-state index is 0.722. The van der Waals surface area contributed by atoms with Crippen molar-refractivity contribution in [3.8, 4) is 0 Å². The fraction of sp³-hybridized carbons (Fsp3) is 0.692. The first kappa shape index (κ1) is 14.5. The lowest BCUT2D eigenvalue weighted by Crippen LogP contribution is -2.22. The molecule has 114 valence electrons. The Balaban J connectivity index is 1.55. The lowest BCUT2D eigenvalue weighted by molar-refractivity contribution is 0.509. The number of rotatable bonds is 8. The Morgan fingerprint density at radius 3 is 3.00 bits per heavy atom. The molecule has 0 bridgehead atoms. The molecular weight excluding hydrogens is 286 g/mol. The van der Waals surface area contributed by atoms with Crippen LogP contribution < -0.4 is 5.32 Å². The topological polar surface area (TPSA) is 73.5 Å². The smallest absolute Gasteiger partial charge is 0.209 e. The predicted molar refractivity (Wildman–Crippen MR) is 81.0 cm³/mol. The number of nitrogens with zero attached hydrogens (tertiary/aromatic N) is 6. The molecule has 3 rings (SSSR count). The molecule has 21 heavy (non-hydrogen) atoms. The van der Waals surface area contributed by atoms with Crippen LogP contribution in [0, 0.1) is 6.92 Å². The fourth-order valence-corrected chi connectivity index (χ4v) is 3.11. The lowest BCUT2D eigenvalue weighted by Gasteiger charge is -2.06. The van der Waals surface area contributed by atoms with Gasteiger partial charge in [0.25, 0.3) is 0 Å². The molecule has 0 atom stereocenters. The minimum Gasteiger partial charge on any atom is -0.312 e.